The fraction of sp³-hybridized carbons (Fsp3) is 0.522. The third-order valence-electron chi connectivity index (χ3n) is 22.8. The van der Waals surface area contributed by atoms with E-state index in [-0.39, 0.29) is 160 Å². The number of fused-ring (bicyclic) bond motifs is 16. The van der Waals surface area contributed by atoms with Gasteiger partial charge in [-0.2, -0.15) is 0 Å². The Morgan fingerprint density at radius 2 is 1.09 bits per heavy atom. The third kappa shape index (κ3) is 32.8. The molecule has 5 aromatic rings. The monoisotopic (exact) mass is 1840 g/mol. The molecule has 42 heteroatoms. The number of H-pyrrole nitrogens is 1. The fourth-order valence-electron chi connectivity index (χ4n) is 15.3. The zero-order valence-electron chi connectivity index (χ0n) is 75.2. The Morgan fingerprint density at radius 1 is 0.523 bits per heavy atom. The number of ether oxygens (including phenoxy) is 2. The van der Waals surface area contributed by atoms with Gasteiger partial charge < -0.3 is 121 Å². The van der Waals surface area contributed by atoms with E-state index < -0.39 is 210 Å². The molecule has 1 saturated heterocycles. The summed E-state index contributed by atoms with van der Waals surface area (Å²) in [5, 5.41) is 58.3. The van der Waals surface area contributed by atoms with E-state index in [1.54, 1.807) is 54.7 Å². The number of unbranched alkanes of at least 4 members (excludes halogenated alkanes) is 2. The quantitative estimate of drug-likeness (QED) is 0.0288. The zero-order valence-corrected chi connectivity index (χ0v) is 75.2. The Hall–Kier alpha value is -13.7. The number of aliphatic hydroxyl groups is 1. The highest BCUT2D eigenvalue weighted by molar-refractivity contribution is 6.02. The third-order valence-corrected chi connectivity index (χ3v) is 22.8. The van der Waals surface area contributed by atoms with Gasteiger partial charge in [0, 0.05) is 116 Å². The topological polar surface area (TPSA) is 635 Å². The van der Waals surface area contributed by atoms with Crippen LogP contribution < -0.4 is 107 Å². The minimum Gasteiger partial charge on any atom is -0.492 e. The second-order valence-electron chi connectivity index (χ2n) is 33.5. The lowest BCUT2D eigenvalue weighted by Gasteiger charge is -2.38. The van der Waals surface area contributed by atoms with Crippen LogP contribution in [0.3, 0.4) is 0 Å². The summed E-state index contributed by atoms with van der Waals surface area (Å²) in [6, 6.07) is 4.44. The van der Waals surface area contributed by atoms with Gasteiger partial charge in [-0.3, -0.25) is 91.1 Å². The van der Waals surface area contributed by atoms with E-state index in [1.165, 1.54) is 39.8 Å². The van der Waals surface area contributed by atoms with Gasteiger partial charge in [-0.15, -0.1) is 0 Å². The van der Waals surface area contributed by atoms with Crippen LogP contribution in [-0.2, 0) is 115 Å². The molecule has 9 rings (SSSR count). The number of carbonyl (C=O) groups excluding carboxylic acids is 19. The number of primary amides is 2. The van der Waals surface area contributed by atoms with Crippen LogP contribution in [0.2, 0.25) is 0 Å². The second kappa shape index (κ2) is 51.1. The summed E-state index contributed by atoms with van der Waals surface area (Å²) in [6.45, 7) is 8.77. The van der Waals surface area contributed by atoms with Crippen molar-refractivity contribution in [1.82, 2.24) is 95.4 Å². The van der Waals surface area contributed by atoms with E-state index in [4.69, 9.17) is 20.9 Å². The first kappa shape index (κ1) is 104. The highest BCUT2D eigenvalue weighted by Gasteiger charge is 2.46. The number of amides is 19. The molecule has 13 atom stereocenters. The van der Waals surface area contributed by atoms with Gasteiger partial charge in [0.1, 0.15) is 90.4 Å². The van der Waals surface area contributed by atoms with Crippen molar-refractivity contribution in [1.29, 1.82) is 0 Å². The highest BCUT2D eigenvalue weighted by Crippen LogP contribution is 2.27. The van der Waals surface area contributed by atoms with Gasteiger partial charge >= 0.3 is 0 Å². The number of rotatable bonds is 19. The van der Waals surface area contributed by atoms with Crippen molar-refractivity contribution in [3.8, 4) is 5.75 Å². The molecule has 42 nitrogen and oxygen atoms in total. The summed E-state index contributed by atoms with van der Waals surface area (Å²) in [6.07, 6.45) is -3.75. The van der Waals surface area contributed by atoms with Crippen LogP contribution in [0, 0.1) is 6.92 Å². The summed E-state index contributed by atoms with van der Waals surface area (Å²) >= 11 is 0. The molecular formula is C90H124N20O22. The van der Waals surface area contributed by atoms with Gasteiger partial charge in [-0.05, 0) is 143 Å². The van der Waals surface area contributed by atoms with Crippen LogP contribution in [-0.4, -0.2) is 252 Å². The van der Waals surface area contributed by atoms with Crippen LogP contribution >= 0.6 is 0 Å². The number of benzene rings is 4. The van der Waals surface area contributed by atoms with Gasteiger partial charge in [0.2, 0.25) is 112 Å². The molecule has 5 heterocycles. The fourth-order valence-corrected chi connectivity index (χ4v) is 15.3. The van der Waals surface area contributed by atoms with Gasteiger partial charge in [0.05, 0.1) is 19.1 Å². The Morgan fingerprint density at radius 3 is 1.73 bits per heavy atom. The Labute approximate surface area is 762 Å². The predicted molar refractivity (Wildman–Crippen MR) is 479 cm³/mol. The zero-order chi connectivity index (χ0) is 96.3. The lowest BCUT2D eigenvalue weighted by molar-refractivity contribution is -0.141. The van der Waals surface area contributed by atoms with Crippen LogP contribution in [0.4, 0.5) is 0 Å². The maximum Gasteiger partial charge on any atom is 0.246 e. The Balaban J connectivity index is 1.23. The number of aliphatic hydroxyl groups excluding tert-OH is 1. The molecule has 4 bridgehead atoms. The molecule has 0 unspecified atom stereocenters. The highest BCUT2D eigenvalue weighted by atomic mass is 16.5. The van der Waals surface area contributed by atoms with Crippen molar-refractivity contribution in [2.75, 3.05) is 46.0 Å². The first-order valence-corrected chi connectivity index (χ1v) is 44.4. The van der Waals surface area contributed by atoms with E-state index >= 15 is 28.8 Å². The molecule has 1 spiro atoms. The van der Waals surface area contributed by atoms with Crippen LogP contribution in [0.1, 0.15) is 167 Å². The first-order valence-electron chi connectivity index (χ1n) is 44.4. The number of hydrogen-bond donors (Lipinski definition) is 21. The van der Waals surface area contributed by atoms with E-state index in [0.717, 1.165) is 30.2 Å². The number of aromatic amines is 1. The largest absolute Gasteiger partial charge is 0.492 e. The standard InChI is InChI=1S/C90H124N20O22/c1-49-17-16-20-62-60(48-97-75(49)62)46-70-85(126)103-64(22-11-13-36-93-53(5)112)80(121)98-51(3)79(120)104-68-44-56-25-28-61(29-26-56)132-42-39-96-74(117)33-31-67(83(124)109-76(52(4)111)88(129)107-70)102-78(119)50(2)99-81(122)66(100-55(7)114)30-32-73(116)95-38-15-10-21-63(77(92)118)101-86(127)71(47-72(91)115)106-82(123)65(23-12-14-37-94-54(6)113)108-89(130)90(34-40-131-41-35-90)110-87(128)69(105-84(68)125)45-57-24-27-58-18-8-9-19-59(58)43-57/h8-9,16-20,24-29,43,48,50-52,63-71,76,97,111H,10-15,21-23,30-42,44-47H2,1-7H3,(H2,91,115)(H2,92,118)(H,93,112)(H,94,113)(H,95,116)(H,96,117)(H,98,121)(H,99,122)(H,100,114)(H,101,127)(H,102,119)(H,103,126)(H,104,120)(H,105,125)(H,106,123)(H,107,129)(H,108,130)(H,109,124)(H,110,128)/t50-,51-,52+,63+,64-,65-,66-,67-,68-,69-,70-,71-,76-/m0/s1. The number of carbonyl (C=O) groups is 19. The molecule has 716 valence electrons. The predicted octanol–water partition coefficient (Wildman–Crippen LogP) is -3.08. The SMILES string of the molecule is CC(=O)NCCCC[C@@H]1NC(=O)[C@H](Cc2c[nH]c3c(C)cccc23)NC(=O)[C@H]([C@@H](C)O)NC(=O)[C@@H]2CCC(=O)NCCOc3ccc(cc3)C[C@H](NC(=O)[C@H](C)NC1=O)C(=O)N[C@@H](Cc1ccc3ccccc3c1)C(=O)NC1(CCOCC1)C(=O)N[C@@H](CCCCNC(C)=O)C(=O)N[C@@H](CC(N)=O)C(=O)N[C@@H](C(N)=O)CCCCNC(=O)CC[C@H](NC(C)=O)C(=O)N[C@@H](C)C(=O)N2. The summed E-state index contributed by atoms with van der Waals surface area (Å²) in [4.78, 5) is 272. The van der Waals surface area contributed by atoms with Crippen molar-refractivity contribution in [2.24, 2.45) is 11.5 Å². The Bertz CT molecular complexity index is 4980. The van der Waals surface area contributed by atoms with E-state index in [2.05, 4.69) is 95.4 Å². The normalized spacial score (nSPS) is 24.1. The summed E-state index contributed by atoms with van der Waals surface area (Å²) in [7, 11) is 0. The molecular weight excluding hydrogens is 1710 g/mol. The maximum absolute atomic E-state index is 15.7. The van der Waals surface area contributed by atoms with E-state index in [9.17, 15) is 67.4 Å². The first-order chi connectivity index (χ1) is 62.8. The Kier molecular flexibility index (Phi) is 40.1. The number of nitrogens with two attached hydrogens (primary N) is 2. The van der Waals surface area contributed by atoms with Gasteiger partial charge in [0.25, 0.3) is 0 Å². The molecule has 1 fully saturated rings. The van der Waals surface area contributed by atoms with Crippen molar-refractivity contribution < 1.29 is 106 Å². The minimum atomic E-state index is -1.96. The van der Waals surface area contributed by atoms with Gasteiger partial charge in [-0.25, -0.2) is 0 Å². The molecule has 4 aliphatic rings. The van der Waals surface area contributed by atoms with Gasteiger partial charge in [0.15, 0.2) is 0 Å². The average molecular weight is 1840 g/mol. The summed E-state index contributed by atoms with van der Waals surface area (Å²) < 4.78 is 11.8. The van der Waals surface area contributed by atoms with E-state index in [0.29, 0.717) is 27.6 Å². The van der Waals surface area contributed by atoms with Gasteiger partial charge in [-0.1, -0.05) is 72.8 Å². The minimum absolute atomic E-state index is 0.0519. The molecule has 0 aliphatic carbocycles. The maximum atomic E-state index is 15.7. The smallest absolute Gasteiger partial charge is 0.246 e. The van der Waals surface area contributed by atoms with Crippen molar-refractivity contribution in [2.45, 2.75) is 255 Å². The number of nitrogens with one attached hydrogen (secondary N) is 18. The molecule has 19 amide bonds. The number of aryl methyl sites for hydroxylation is 1. The van der Waals surface area contributed by atoms with Crippen molar-refractivity contribution >= 4 is 134 Å². The molecule has 132 heavy (non-hydrogen) atoms. The van der Waals surface area contributed by atoms with Crippen molar-refractivity contribution in [3.63, 3.8) is 0 Å². The number of para-hydroxylation sites is 1. The molecule has 23 N–H and O–H groups in total. The molecule has 4 aliphatic heterocycles. The summed E-state index contributed by atoms with van der Waals surface area (Å²) in [5.74, 6) is -17.0. The van der Waals surface area contributed by atoms with Crippen molar-refractivity contribution in [3.05, 3.63) is 113 Å². The number of aromatic nitrogens is 1. The van der Waals surface area contributed by atoms with Crippen LogP contribution in [0.5, 0.6) is 5.75 Å². The number of hydrogen-bond acceptors (Lipinski definition) is 22. The summed E-state index contributed by atoms with van der Waals surface area (Å²) in [5.41, 5.74) is 12.3. The molecule has 1 aromatic heterocycles. The molecule has 0 radical (unpaired) electrons. The van der Waals surface area contributed by atoms with Crippen LogP contribution in [0.15, 0.2) is 91.1 Å². The molecule has 0 saturated carbocycles. The van der Waals surface area contributed by atoms with E-state index in [1.807, 2.05) is 31.2 Å². The second-order valence-corrected chi connectivity index (χ2v) is 33.5. The lowest BCUT2D eigenvalue weighted by atomic mass is 9.87. The lowest BCUT2D eigenvalue weighted by Crippen LogP contribution is -2.67. The molecule has 4 aromatic carbocycles. The average Bonchev–Trinajstić information content (AvgIpc) is 0.821. The van der Waals surface area contributed by atoms with Crippen LogP contribution in [0.25, 0.3) is 21.7 Å².